The average Bonchev–Trinajstić information content (AvgIpc) is 2.95. The van der Waals surface area contributed by atoms with E-state index >= 15 is 0 Å². The third kappa shape index (κ3) is 2.53. The highest BCUT2D eigenvalue weighted by atomic mass is 32.1. The zero-order chi connectivity index (χ0) is 12.3. The molecule has 0 aliphatic rings. The van der Waals surface area contributed by atoms with Crippen LogP contribution in [0.2, 0.25) is 0 Å². The Balaban J connectivity index is 2.04. The van der Waals surface area contributed by atoms with Gasteiger partial charge in [0.1, 0.15) is 0 Å². The van der Waals surface area contributed by atoms with E-state index in [1.165, 1.54) is 4.88 Å². The second-order valence-corrected chi connectivity index (χ2v) is 4.90. The molecule has 2 aromatic rings. The summed E-state index contributed by atoms with van der Waals surface area (Å²) >= 11 is 1.66. The quantitative estimate of drug-likeness (QED) is 0.652. The number of carbonyl (C=O) groups excluding carboxylic acids is 2. The van der Waals surface area contributed by atoms with Gasteiger partial charge in [-0.3, -0.25) is 9.59 Å². The second-order valence-electron chi connectivity index (χ2n) is 3.86. The van der Waals surface area contributed by atoms with Gasteiger partial charge < -0.3 is 4.98 Å². The first-order valence-corrected chi connectivity index (χ1v) is 6.29. The molecule has 2 rings (SSSR count). The number of carbonyl (C=O) groups is 2. The van der Waals surface area contributed by atoms with Gasteiger partial charge in [0.05, 0.1) is 5.69 Å². The van der Waals surface area contributed by atoms with Crippen LogP contribution in [0.4, 0.5) is 0 Å². The summed E-state index contributed by atoms with van der Waals surface area (Å²) in [4.78, 5) is 26.7. The third-order valence-electron chi connectivity index (χ3n) is 2.76. The Hall–Kier alpha value is -1.68. The number of rotatable bonds is 5. The van der Waals surface area contributed by atoms with Gasteiger partial charge in [0.2, 0.25) is 0 Å². The molecule has 0 radical (unpaired) electrons. The van der Waals surface area contributed by atoms with Gasteiger partial charge in [0.15, 0.2) is 12.1 Å². The normalized spacial score (nSPS) is 10.4. The monoisotopic (exact) mass is 247 g/mol. The highest BCUT2D eigenvalue weighted by molar-refractivity contribution is 7.09. The average molecular weight is 247 g/mol. The van der Waals surface area contributed by atoms with Gasteiger partial charge in [0.25, 0.3) is 0 Å². The number of aromatic nitrogens is 1. The predicted octanol–water partition coefficient (Wildman–Crippen LogP) is 3.01. The van der Waals surface area contributed by atoms with Gasteiger partial charge in [-0.25, -0.2) is 0 Å². The number of Topliss-reactive ketones (excluding diaryl/α,β-unsaturated/α-hetero) is 1. The molecule has 0 fully saturated rings. The van der Waals surface area contributed by atoms with Crippen molar-refractivity contribution in [2.24, 2.45) is 0 Å². The van der Waals surface area contributed by atoms with E-state index in [2.05, 4.69) is 4.98 Å². The van der Waals surface area contributed by atoms with Crippen molar-refractivity contribution in [1.82, 2.24) is 4.98 Å². The fourth-order valence-electron chi connectivity index (χ4n) is 1.74. The number of nitrogens with one attached hydrogen (secondary N) is 1. The number of H-pyrrole nitrogens is 1. The fraction of sp³-hybridized carbons (Fsp3) is 0.231. The summed E-state index contributed by atoms with van der Waals surface area (Å²) in [5.41, 5.74) is 1.87. The highest BCUT2D eigenvalue weighted by Gasteiger charge is 2.13. The lowest BCUT2D eigenvalue weighted by molar-refractivity contribution is 0.0978. The minimum atomic E-state index is 0.0593. The summed E-state index contributed by atoms with van der Waals surface area (Å²) in [7, 11) is 0. The van der Waals surface area contributed by atoms with E-state index in [0.717, 1.165) is 18.3 Å². The summed E-state index contributed by atoms with van der Waals surface area (Å²) in [5, 5.41) is 2.00. The van der Waals surface area contributed by atoms with E-state index in [0.29, 0.717) is 17.7 Å². The summed E-state index contributed by atoms with van der Waals surface area (Å²) in [5.74, 6) is 0.0593. The number of thiophene rings is 1. The van der Waals surface area contributed by atoms with Crippen LogP contribution in [0.1, 0.15) is 37.7 Å². The lowest BCUT2D eigenvalue weighted by atomic mass is 10.1. The van der Waals surface area contributed by atoms with Crippen molar-refractivity contribution in [2.45, 2.75) is 19.8 Å². The van der Waals surface area contributed by atoms with Crippen LogP contribution in [0.15, 0.2) is 23.7 Å². The lowest BCUT2D eigenvalue weighted by Crippen LogP contribution is -2.03. The molecule has 0 aliphatic heterocycles. The van der Waals surface area contributed by atoms with Crippen molar-refractivity contribution >= 4 is 23.4 Å². The third-order valence-corrected chi connectivity index (χ3v) is 3.70. The Bertz CT molecular complexity index is 526. The van der Waals surface area contributed by atoms with Gasteiger partial charge >= 0.3 is 0 Å². The van der Waals surface area contributed by atoms with E-state index in [1.54, 1.807) is 24.5 Å². The molecular formula is C13H13NO2S. The molecule has 3 nitrogen and oxygen atoms in total. The molecule has 1 N–H and O–H groups in total. The van der Waals surface area contributed by atoms with Gasteiger partial charge in [-0.2, -0.15) is 0 Å². The van der Waals surface area contributed by atoms with Crippen LogP contribution in [-0.4, -0.2) is 17.1 Å². The molecule has 0 atom stereocenters. The Labute approximate surface area is 103 Å². The Morgan fingerprint density at radius 3 is 2.94 bits per heavy atom. The van der Waals surface area contributed by atoms with Crippen LogP contribution in [-0.2, 0) is 6.42 Å². The fourth-order valence-corrected chi connectivity index (χ4v) is 2.45. The molecule has 88 valence electrons. The Kier molecular flexibility index (Phi) is 3.54. The van der Waals surface area contributed by atoms with Crippen molar-refractivity contribution in [3.05, 3.63) is 45.4 Å². The van der Waals surface area contributed by atoms with Gasteiger partial charge in [0, 0.05) is 23.1 Å². The van der Waals surface area contributed by atoms with Crippen LogP contribution in [0.5, 0.6) is 0 Å². The first-order chi connectivity index (χ1) is 8.22. The van der Waals surface area contributed by atoms with E-state index in [1.807, 2.05) is 17.5 Å². The maximum absolute atomic E-state index is 11.9. The molecule has 0 saturated heterocycles. The largest absolute Gasteiger partial charge is 0.358 e. The van der Waals surface area contributed by atoms with Gasteiger partial charge in [-0.1, -0.05) is 6.07 Å². The van der Waals surface area contributed by atoms with Crippen molar-refractivity contribution < 1.29 is 9.59 Å². The molecule has 0 aromatic carbocycles. The Morgan fingerprint density at radius 2 is 2.35 bits per heavy atom. The van der Waals surface area contributed by atoms with Crippen LogP contribution < -0.4 is 0 Å². The zero-order valence-electron chi connectivity index (χ0n) is 9.53. The number of ketones is 1. The summed E-state index contributed by atoms with van der Waals surface area (Å²) < 4.78 is 0. The number of aldehydes is 1. The Morgan fingerprint density at radius 1 is 1.53 bits per heavy atom. The molecule has 0 spiro atoms. The summed E-state index contributed by atoms with van der Waals surface area (Å²) in [6.45, 7) is 1.79. The van der Waals surface area contributed by atoms with E-state index in [-0.39, 0.29) is 5.78 Å². The van der Waals surface area contributed by atoms with Gasteiger partial charge in [-0.15, -0.1) is 11.3 Å². The van der Waals surface area contributed by atoms with Crippen LogP contribution in [0.3, 0.4) is 0 Å². The number of aromatic amines is 1. The smallest absolute Gasteiger partial charge is 0.179 e. The molecule has 0 aliphatic carbocycles. The summed E-state index contributed by atoms with van der Waals surface area (Å²) in [6, 6.07) is 4.01. The van der Waals surface area contributed by atoms with Crippen LogP contribution >= 0.6 is 11.3 Å². The molecule has 0 bridgehead atoms. The maximum atomic E-state index is 11.9. The molecule has 0 unspecified atom stereocenters. The highest BCUT2D eigenvalue weighted by Crippen LogP contribution is 2.16. The van der Waals surface area contributed by atoms with Crippen molar-refractivity contribution in [3.8, 4) is 0 Å². The van der Waals surface area contributed by atoms with Crippen molar-refractivity contribution in [3.63, 3.8) is 0 Å². The van der Waals surface area contributed by atoms with Gasteiger partial charge in [-0.05, 0) is 30.4 Å². The number of hydrogen-bond acceptors (Lipinski definition) is 3. The first kappa shape index (κ1) is 11.8. The van der Waals surface area contributed by atoms with Crippen LogP contribution in [0, 0.1) is 6.92 Å². The molecule has 0 amide bonds. The molecular weight excluding hydrogens is 234 g/mol. The zero-order valence-corrected chi connectivity index (χ0v) is 10.3. The van der Waals surface area contributed by atoms with E-state index in [9.17, 15) is 9.59 Å². The minimum absolute atomic E-state index is 0.0593. The molecule has 2 aromatic heterocycles. The predicted molar refractivity (Wildman–Crippen MR) is 67.9 cm³/mol. The lowest BCUT2D eigenvalue weighted by Gasteiger charge is -1.99. The number of aryl methyl sites for hydroxylation is 1. The first-order valence-electron chi connectivity index (χ1n) is 5.41. The number of hydrogen-bond donors (Lipinski definition) is 1. The maximum Gasteiger partial charge on any atom is 0.179 e. The molecule has 4 heteroatoms. The van der Waals surface area contributed by atoms with Crippen LogP contribution in [0.25, 0.3) is 0 Å². The van der Waals surface area contributed by atoms with E-state index < -0.39 is 0 Å². The molecule has 17 heavy (non-hydrogen) atoms. The SMILES string of the molecule is Cc1c(C=O)c[nH]c1C(=O)CCc1cccs1. The van der Waals surface area contributed by atoms with Crippen molar-refractivity contribution in [1.29, 1.82) is 0 Å². The standard InChI is InChI=1S/C13H13NO2S/c1-9-10(8-15)7-14-13(9)12(16)5-4-11-3-2-6-17-11/h2-3,6-8,14H,4-5H2,1H3. The second kappa shape index (κ2) is 5.10. The minimum Gasteiger partial charge on any atom is -0.358 e. The molecule has 0 saturated carbocycles. The van der Waals surface area contributed by atoms with Crippen molar-refractivity contribution in [2.75, 3.05) is 0 Å². The summed E-state index contributed by atoms with van der Waals surface area (Å²) in [6.07, 6.45) is 3.58. The topological polar surface area (TPSA) is 49.9 Å². The molecule has 2 heterocycles. The van der Waals surface area contributed by atoms with E-state index in [4.69, 9.17) is 0 Å².